The summed E-state index contributed by atoms with van der Waals surface area (Å²) in [6, 6.07) is 18.3. The van der Waals surface area contributed by atoms with Gasteiger partial charge in [0, 0.05) is 24.5 Å². The summed E-state index contributed by atoms with van der Waals surface area (Å²) >= 11 is 0. The molecular weight excluding hydrogens is 314 g/mol. The van der Waals surface area contributed by atoms with Crippen molar-refractivity contribution in [2.75, 3.05) is 36.5 Å². The molecule has 4 rings (SSSR count). The number of hydrogen-bond donors (Lipinski definition) is 1. The molecule has 2 heterocycles. The third-order valence-electron chi connectivity index (χ3n) is 4.01. The zero-order valence-electron chi connectivity index (χ0n) is 13.3. The van der Waals surface area contributed by atoms with Gasteiger partial charge in [0.05, 0.1) is 18.9 Å². The van der Waals surface area contributed by atoms with E-state index in [0.717, 1.165) is 37.7 Å². The van der Waals surface area contributed by atoms with E-state index in [1.165, 1.54) is 5.69 Å². The van der Waals surface area contributed by atoms with Gasteiger partial charge in [0.1, 0.15) is 6.33 Å². The van der Waals surface area contributed by atoms with E-state index in [1.807, 2.05) is 42.5 Å². The molecule has 3 aromatic rings. The quantitative estimate of drug-likeness (QED) is 0.790. The van der Waals surface area contributed by atoms with Crippen molar-refractivity contribution in [3.8, 4) is 5.69 Å². The molecule has 2 aromatic carbocycles. The van der Waals surface area contributed by atoms with Gasteiger partial charge in [-0.1, -0.05) is 25.6 Å². The summed E-state index contributed by atoms with van der Waals surface area (Å²) in [5, 5.41) is 7.69. The highest BCUT2D eigenvalue weighted by Gasteiger charge is 2.11. The Morgan fingerprint density at radius 3 is 2.32 bits per heavy atom. The van der Waals surface area contributed by atoms with Gasteiger partial charge in [0.2, 0.25) is 5.95 Å². The second-order valence-corrected chi connectivity index (χ2v) is 5.62. The van der Waals surface area contributed by atoms with Crippen molar-refractivity contribution >= 4 is 17.3 Å². The maximum absolute atomic E-state index is 5.39. The smallest absolute Gasteiger partial charge is 0.246 e. The summed E-state index contributed by atoms with van der Waals surface area (Å²) < 4.78 is 7.14. The number of para-hydroxylation sites is 1. The molecule has 0 radical (unpaired) electrons. The second kappa shape index (κ2) is 7.81. The van der Waals surface area contributed by atoms with Crippen molar-refractivity contribution in [2.24, 2.45) is 0 Å². The Balaban J connectivity index is 0.00000182. The zero-order valence-corrected chi connectivity index (χ0v) is 13.3. The number of hydrogen-bond acceptors (Lipinski definition) is 5. The van der Waals surface area contributed by atoms with E-state index in [4.69, 9.17) is 4.74 Å². The topological polar surface area (TPSA) is 55.2 Å². The highest BCUT2D eigenvalue weighted by atomic mass is 16.5. The molecule has 25 heavy (non-hydrogen) atoms. The summed E-state index contributed by atoms with van der Waals surface area (Å²) in [6.45, 7) is 3.47. The van der Waals surface area contributed by atoms with Crippen LogP contribution in [-0.4, -0.2) is 41.1 Å². The summed E-state index contributed by atoms with van der Waals surface area (Å²) in [6.07, 6.45) is 1.71. The molecule has 1 aliphatic rings. The van der Waals surface area contributed by atoms with E-state index in [9.17, 15) is 0 Å². The standard InChI is InChI=1S/C18H19N5O.CH4/c1-2-4-17(5-3-1)23-14-19-18(21-23)20-15-6-8-16(9-7-15)22-10-12-24-13-11-22;/h1-9,14H,10-13H2,(H,20,21);1H4. The fourth-order valence-electron chi connectivity index (χ4n) is 2.73. The van der Waals surface area contributed by atoms with E-state index in [1.54, 1.807) is 11.0 Å². The lowest BCUT2D eigenvalue weighted by atomic mass is 10.2. The van der Waals surface area contributed by atoms with Crippen molar-refractivity contribution in [2.45, 2.75) is 7.43 Å². The Morgan fingerprint density at radius 1 is 0.880 bits per heavy atom. The average molecular weight is 337 g/mol. The number of rotatable bonds is 4. The van der Waals surface area contributed by atoms with Crippen molar-refractivity contribution in [3.63, 3.8) is 0 Å². The first-order valence-electron chi connectivity index (χ1n) is 8.05. The first kappa shape index (κ1) is 17.0. The molecule has 1 aromatic heterocycles. The van der Waals surface area contributed by atoms with Gasteiger partial charge in [-0.3, -0.25) is 0 Å². The van der Waals surface area contributed by atoms with Crippen LogP contribution in [0.25, 0.3) is 5.69 Å². The van der Waals surface area contributed by atoms with Crippen LogP contribution >= 0.6 is 0 Å². The summed E-state index contributed by atoms with van der Waals surface area (Å²) in [5.41, 5.74) is 3.17. The maximum atomic E-state index is 5.39. The molecule has 0 spiro atoms. The second-order valence-electron chi connectivity index (χ2n) is 5.62. The van der Waals surface area contributed by atoms with Gasteiger partial charge >= 0.3 is 0 Å². The maximum Gasteiger partial charge on any atom is 0.246 e. The minimum absolute atomic E-state index is 0. The molecule has 1 aliphatic heterocycles. The molecule has 0 amide bonds. The number of nitrogens with zero attached hydrogens (tertiary/aromatic N) is 4. The molecule has 130 valence electrons. The van der Waals surface area contributed by atoms with E-state index in [2.05, 4.69) is 32.4 Å². The third kappa shape index (κ3) is 3.97. The van der Waals surface area contributed by atoms with Crippen LogP contribution in [0.2, 0.25) is 0 Å². The Bertz CT molecular complexity index is 779. The van der Waals surface area contributed by atoms with Gasteiger partial charge < -0.3 is 15.0 Å². The third-order valence-corrected chi connectivity index (χ3v) is 4.01. The Kier molecular flexibility index (Phi) is 5.30. The largest absolute Gasteiger partial charge is 0.378 e. The van der Waals surface area contributed by atoms with Gasteiger partial charge in [0.25, 0.3) is 0 Å². The fourth-order valence-corrected chi connectivity index (χ4v) is 2.73. The van der Waals surface area contributed by atoms with Gasteiger partial charge in [-0.05, 0) is 36.4 Å². The summed E-state index contributed by atoms with van der Waals surface area (Å²) in [4.78, 5) is 6.64. The molecule has 1 fully saturated rings. The lowest BCUT2D eigenvalue weighted by Crippen LogP contribution is -2.36. The van der Waals surface area contributed by atoms with Crippen molar-refractivity contribution < 1.29 is 4.74 Å². The summed E-state index contributed by atoms with van der Waals surface area (Å²) in [5.74, 6) is 0.581. The molecular formula is C19H23N5O. The number of morpholine rings is 1. The van der Waals surface area contributed by atoms with Gasteiger partial charge in [-0.25, -0.2) is 4.68 Å². The highest BCUT2D eigenvalue weighted by molar-refractivity contribution is 5.59. The molecule has 0 bridgehead atoms. The van der Waals surface area contributed by atoms with Crippen LogP contribution in [0.4, 0.5) is 17.3 Å². The number of ether oxygens (including phenoxy) is 1. The predicted molar refractivity (Wildman–Crippen MR) is 101 cm³/mol. The molecule has 6 nitrogen and oxygen atoms in total. The Morgan fingerprint density at radius 2 is 1.60 bits per heavy atom. The summed E-state index contributed by atoms with van der Waals surface area (Å²) in [7, 11) is 0. The Labute approximate surface area is 148 Å². The lowest BCUT2D eigenvalue weighted by molar-refractivity contribution is 0.122. The number of anilines is 3. The number of aromatic nitrogens is 3. The molecule has 0 aliphatic carbocycles. The van der Waals surface area contributed by atoms with Crippen LogP contribution < -0.4 is 10.2 Å². The van der Waals surface area contributed by atoms with E-state index < -0.39 is 0 Å². The van der Waals surface area contributed by atoms with Gasteiger partial charge in [-0.2, -0.15) is 4.98 Å². The molecule has 1 N–H and O–H groups in total. The first-order chi connectivity index (χ1) is 11.9. The van der Waals surface area contributed by atoms with Crippen LogP contribution in [-0.2, 0) is 4.74 Å². The Hall–Kier alpha value is -2.86. The van der Waals surface area contributed by atoms with Gasteiger partial charge in [-0.15, -0.1) is 5.10 Å². The number of benzene rings is 2. The van der Waals surface area contributed by atoms with E-state index in [0.29, 0.717) is 5.95 Å². The number of nitrogens with one attached hydrogen (secondary N) is 1. The van der Waals surface area contributed by atoms with Crippen LogP contribution in [0.5, 0.6) is 0 Å². The predicted octanol–water partition coefficient (Wildman–Crippen LogP) is 3.48. The minimum Gasteiger partial charge on any atom is -0.378 e. The van der Waals surface area contributed by atoms with Crippen LogP contribution in [0.3, 0.4) is 0 Å². The van der Waals surface area contributed by atoms with Crippen molar-refractivity contribution in [3.05, 3.63) is 60.9 Å². The molecule has 6 heteroatoms. The average Bonchev–Trinajstić information content (AvgIpc) is 3.12. The highest BCUT2D eigenvalue weighted by Crippen LogP contribution is 2.20. The van der Waals surface area contributed by atoms with Crippen molar-refractivity contribution in [1.82, 2.24) is 14.8 Å². The monoisotopic (exact) mass is 337 g/mol. The molecule has 0 unspecified atom stereocenters. The van der Waals surface area contributed by atoms with Crippen LogP contribution in [0.15, 0.2) is 60.9 Å². The molecule has 1 saturated heterocycles. The van der Waals surface area contributed by atoms with Gasteiger partial charge in [0.15, 0.2) is 0 Å². The van der Waals surface area contributed by atoms with E-state index in [-0.39, 0.29) is 7.43 Å². The fraction of sp³-hybridized carbons (Fsp3) is 0.263. The zero-order chi connectivity index (χ0) is 16.2. The minimum atomic E-state index is 0. The van der Waals surface area contributed by atoms with Crippen molar-refractivity contribution in [1.29, 1.82) is 0 Å². The molecule has 0 saturated carbocycles. The SMILES string of the molecule is C.c1ccc(-n2cnc(Nc3ccc(N4CCOCC4)cc3)n2)cc1. The van der Waals surface area contributed by atoms with Crippen LogP contribution in [0.1, 0.15) is 7.43 Å². The molecule has 0 atom stereocenters. The lowest BCUT2D eigenvalue weighted by Gasteiger charge is -2.28. The first-order valence-corrected chi connectivity index (χ1v) is 8.05. The van der Waals surface area contributed by atoms with Crippen LogP contribution in [0, 0.1) is 0 Å². The van der Waals surface area contributed by atoms with E-state index >= 15 is 0 Å². The normalized spacial score (nSPS) is 14.0.